The van der Waals surface area contributed by atoms with Crippen LogP contribution >= 0.6 is 23.4 Å². The number of nitrogens with zero attached hydrogens (tertiary/aromatic N) is 3. The van der Waals surface area contributed by atoms with Crippen molar-refractivity contribution in [2.45, 2.75) is 47.9 Å². The summed E-state index contributed by atoms with van der Waals surface area (Å²) >= 11 is 7.64. The fourth-order valence-corrected chi connectivity index (χ4v) is 7.23. The number of hydrogen-bond acceptors (Lipinski definition) is 6. The Bertz CT molecular complexity index is 1860. The van der Waals surface area contributed by atoms with Crippen LogP contribution in [0.25, 0.3) is 5.69 Å². The lowest BCUT2D eigenvalue weighted by Crippen LogP contribution is -2.47. The van der Waals surface area contributed by atoms with Crippen LogP contribution in [0.2, 0.25) is 5.02 Å². The Morgan fingerprint density at radius 3 is 2.27 bits per heavy atom. The highest BCUT2D eigenvalue weighted by atomic mass is 35.5. The highest BCUT2D eigenvalue weighted by Crippen LogP contribution is 2.38. The Hall–Kier alpha value is -3.59. The predicted molar refractivity (Wildman–Crippen MR) is 163 cm³/mol. The van der Waals surface area contributed by atoms with Crippen LogP contribution in [0.4, 0.5) is 22.4 Å². The molecule has 5 rings (SSSR count). The zero-order chi connectivity index (χ0) is 32.5. The van der Waals surface area contributed by atoms with E-state index in [-0.39, 0.29) is 21.4 Å². The molecule has 238 valence electrons. The summed E-state index contributed by atoms with van der Waals surface area (Å²) < 4.78 is 85.2. The largest absolute Gasteiger partial charge is 0.343 e. The molecular weight excluding hydrogens is 654 g/mol. The zero-order valence-corrected chi connectivity index (χ0v) is 26.5. The van der Waals surface area contributed by atoms with Gasteiger partial charge in [-0.1, -0.05) is 49.3 Å². The molecule has 45 heavy (non-hydrogen) atoms. The van der Waals surface area contributed by atoms with Crippen LogP contribution in [-0.4, -0.2) is 42.1 Å². The maximum atomic E-state index is 14.4. The molecule has 0 spiro atoms. The number of aromatic nitrogens is 2. The molecule has 0 saturated carbocycles. The summed E-state index contributed by atoms with van der Waals surface area (Å²) in [5.74, 6) is -3.97. The Kier molecular flexibility index (Phi) is 9.49. The molecule has 0 bridgehead atoms. The highest BCUT2D eigenvalue weighted by molar-refractivity contribution is 7.98. The number of imidazole rings is 1. The van der Waals surface area contributed by atoms with Crippen LogP contribution in [0.1, 0.15) is 43.5 Å². The molecule has 1 fully saturated rings. The lowest BCUT2D eigenvalue weighted by molar-refractivity contribution is 0.202. The van der Waals surface area contributed by atoms with Crippen molar-refractivity contribution in [1.29, 1.82) is 0 Å². The minimum Gasteiger partial charge on any atom is -0.291 e. The second kappa shape index (κ2) is 13.0. The van der Waals surface area contributed by atoms with Gasteiger partial charge in [0.15, 0.2) is 28.4 Å². The molecule has 2 N–H and O–H groups in total. The van der Waals surface area contributed by atoms with Crippen molar-refractivity contribution in [3.05, 3.63) is 106 Å². The third-order valence-corrected chi connectivity index (χ3v) is 10.1. The highest BCUT2D eigenvalue weighted by Gasteiger charge is 2.31. The van der Waals surface area contributed by atoms with E-state index in [1.54, 1.807) is 23.4 Å². The van der Waals surface area contributed by atoms with Crippen LogP contribution in [0.15, 0.2) is 70.8 Å². The van der Waals surface area contributed by atoms with Crippen LogP contribution in [0, 0.1) is 23.3 Å². The first-order chi connectivity index (χ1) is 21.3. The molecular formula is C30H28ClF4N5O3S2. The number of rotatable bonds is 9. The average molecular weight is 682 g/mol. The van der Waals surface area contributed by atoms with Crippen LogP contribution in [0.5, 0.6) is 0 Å². The van der Waals surface area contributed by atoms with E-state index in [1.807, 2.05) is 4.72 Å². The van der Waals surface area contributed by atoms with Gasteiger partial charge in [0.25, 0.3) is 10.0 Å². The van der Waals surface area contributed by atoms with Gasteiger partial charge in [0.05, 0.1) is 22.5 Å². The van der Waals surface area contributed by atoms with Crippen molar-refractivity contribution < 1.29 is 30.8 Å². The van der Waals surface area contributed by atoms with Gasteiger partial charge in [-0.2, -0.15) is 0 Å². The molecule has 2 heterocycles. The molecule has 1 saturated heterocycles. The first-order valence-corrected chi connectivity index (χ1v) is 16.6. The Morgan fingerprint density at radius 2 is 1.62 bits per heavy atom. The number of amides is 2. The number of benzene rings is 3. The van der Waals surface area contributed by atoms with E-state index >= 15 is 0 Å². The van der Waals surface area contributed by atoms with Gasteiger partial charge in [0.2, 0.25) is 0 Å². The van der Waals surface area contributed by atoms with Crippen molar-refractivity contribution >= 4 is 39.4 Å². The van der Waals surface area contributed by atoms with E-state index in [0.717, 1.165) is 37.1 Å². The smallest absolute Gasteiger partial charge is 0.291 e. The van der Waals surface area contributed by atoms with E-state index in [9.17, 15) is 30.8 Å². The van der Waals surface area contributed by atoms with Gasteiger partial charge < -0.3 is 0 Å². The third kappa shape index (κ3) is 7.13. The number of thioether (sulfide) groups is 1. The molecule has 4 aromatic rings. The number of carbonyl (C=O) groups is 1. The number of carbonyl (C=O) groups excluding carboxylic acids is 1. The summed E-state index contributed by atoms with van der Waals surface area (Å²) in [6.45, 7) is 4.78. The van der Waals surface area contributed by atoms with Crippen molar-refractivity contribution in [3.63, 3.8) is 0 Å². The number of hydrazine groups is 1. The third-order valence-electron chi connectivity index (χ3n) is 7.46. The maximum absolute atomic E-state index is 14.4. The average Bonchev–Trinajstić information content (AvgIpc) is 3.65. The van der Waals surface area contributed by atoms with E-state index < -0.39 is 44.7 Å². The Morgan fingerprint density at radius 1 is 0.956 bits per heavy atom. The first-order valence-electron chi connectivity index (χ1n) is 13.7. The predicted octanol–water partition coefficient (Wildman–Crippen LogP) is 6.70. The normalized spacial score (nSPS) is 14.1. The lowest BCUT2D eigenvalue weighted by atomic mass is 9.81. The van der Waals surface area contributed by atoms with E-state index in [1.165, 1.54) is 48.3 Å². The van der Waals surface area contributed by atoms with Crippen molar-refractivity contribution in [2.24, 2.45) is 0 Å². The molecule has 1 aliphatic rings. The molecule has 15 heteroatoms. The summed E-state index contributed by atoms with van der Waals surface area (Å²) in [4.78, 5) is 16.5. The van der Waals surface area contributed by atoms with Crippen molar-refractivity contribution in [3.8, 4) is 5.69 Å². The van der Waals surface area contributed by atoms with Crippen LogP contribution in [0.3, 0.4) is 0 Å². The molecule has 0 atom stereocenters. The van der Waals surface area contributed by atoms with Gasteiger partial charge >= 0.3 is 6.03 Å². The molecule has 0 aliphatic carbocycles. The van der Waals surface area contributed by atoms with E-state index in [4.69, 9.17) is 11.6 Å². The number of halogens is 5. The van der Waals surface area contributed by atoms with Gasteiger partial charge in [0.1, 0.15) is 0 Å². The number of sulfonamides is 1. The fraction of sp³-hybridized carbons (Fsp3) is 0.267. The van der Waals surface area contributed by atoms with Gasteiger partial charge in [-0.05, 0) is 60.4 Å². The van der Waals surface area contributed by atoms with E-state index in [0.29, 0.717) is 35.1 Å². The van der Waals surface area contributed by atoms with E-state index in [2.05, 4.69) is 10.4 Å². The molecule has 1 aliphatic heterocycles. The SMILES string of the molecule is CC(C)(c1ccc(F)c(F)c1)c1cnc(SCc2ccc(S(=O)(=O)NC(=O)NN3CCCC3)cc2Cl)n1-c1ccc(F)c(F)c1. The molecule has 1 aromatic heterocycles. The van der Waals surface area contributed by atoms with Crippen LogP contribution in [-0.2, 0) is 21.2 Å². The standard InChI is InChI=1S/C30H28ClF4N5O3S2/c1-30(2,19-6-9-23(32)25(34)13-19)27-16-36-29(40(27)20-7-10-24(33)26(35)14-20)44-17-18-5-8-21(15-22(18)31)45(42,43)38-28(41)37-39-11-3-4-12-39/h5-10,13-16H,3-4,11-12,17H2,1-2H3,(H2,37,38,41). The second-order valence-corrected chi connectivity index (χ2v) is 13.9. The minimum atomic E-state index is -4.22. The summed E-state index contributed by atoms with van der Waals surface area (Å²) in [6, 6.07) is 10.0. The minimum absolute atomic E-state index is 0.110. The van der Waals surface area contributed by atoms with Gasteiger partial charge in [-0.25, -0.2) is 45.5 Å². The second-order valence-electron chi connectivity index (χ2n) is 10.9. The zero-order valence-electron chi connectivity index (χ0n) is 24.1. The quantitative estimate of drug-likeness (QED) is 0.151. The first kappa shape index (κ1) is 32.8. The summed E-state index contributed by atoms with van der Waals surface area (Å²) in [5, 5.41) is 2.09. The summed E-state index contributed by atoms with van der Waals surface area (Å²) in [6.07, 6.45) is 3.31. The Labute approximate surface area is 266 Å². The van der Waals surface area contributed by atoms with Crippen molar-refractivity contribution in [1.82, 2.24) is 24.7 Å². The van der Waals surface area contributed by atoms with Crippen molar-refractivity contribution in [2.75, 3.05) is 13.1 Å². The number of urea groups is 1. The van der Waals surface area contributed by atoms with Gasteiger partial charge in [-0.15, -0.1) is 0 Å². The summed E-state index contributed by atoms with van der Waals surface area (Å²) in [7, 11) is -4.22. The number of nitrogens with one attached hydrogen (secondary N) is 2. The van der Waals surface area contributed by atoms with Crippen LogP contribution < -0.4 is 10.1 Å². The molecule has 3 aromatic carbocycles. The van der Waals surface area contributed by atoms with Gasteiger partial charge in [0, 0.05) is 35.3 Å². The fourth-order valence-electron chi connectivity index (χ4n) is 4.91. The Balaban J connectivity index is 1.41. The molecule has 0 unspecified atom stereocenters. The topological polar surface area (TPSA) is 96.3 Å². The monoisotopic (exact) mass is 681 g/mol. The maximum Gasteiger partial charge on any atom is 0.343 e. The summed E-state index contributed by atoms with van der Waals surface area (Å²) in [5.41, 5.74) is 3.21. The molecule has 0 radical (unpaired) electrons. The molecule has 8 nitrogen and oxygen atoms in total. The lowest BCUT2D eigenvalue weighted by Gasteiger charge is -2.27. The molecule has 2 amide bonds. The van der Waals surface area contributed by atoms with Gasteiger partial charge in [-0.3, -0.25) is 9.99 Å². The number of hydrogen-bond donors (Lipinski definition) is 2.